The first-order valence-corrected chi connectivity index (χ1v) is 8.80. The number of carbonyl (C=O) groups excluding carboxylic acids is 1. The summed E-state index contributed by atoms with van der Waals surface area (Å²) in [5.74, 6) is 1.47. The molecule has 2 saturated heterocycles. The normalized spacial score (nSPS) is 35.2. The van der Waals surface area contributed by atoms with Gasteiger partial charge in [0.1, 0.15) is 0 Å². The van der Waals surface area contributed by atoms with Gasteiger partial charge in [-0.2, -0.15) is 0 Å². The molecule has 3 fully saturated rings. The van der Waals surface area contributed by atoms with Crippen LogP contribution in [0.4, 0.5) is 4.79 Å². The lowest BCUT2D eigenvalue weighted by molar-refractivity contribution is -0.133. The third kappa shape index (κ3) is 2.90. The molecule has 24 heavy (non-hydrogen) atoms. The average molecular weight is 331 g/mol. The zero-order chi connectivity index (χ0) is 16.5. The summed E-state index contributed by atoms with van der Waals surface area (Å²) in [5, 5.41) is 1.64. The predicted octanol–water partition coefficient (Wildman–Crippen LogP) is 1.73. The number of hydroxylamine groups is 1. The maximum atomic E-state index is 11.9. The van der Waals surface area contributed by atoms with Crippen molar-refractivity contribution in [1.82, 2.24) is 15.9 Å². The molecular formula is C18H25N3O3. The van der Waals surface area contributed by atoms with Crippen molar-refractivity contribution in [2.45, 2.75) is 31.4 Å². The van der Waals surface area contributed by atoms with Crippen LogP contribution in [0.25, 0.3) is 0 Å². The van der Waals surface area contributed by atoms with E-state index in [9.17, 15) is 4.79 Å². The van der Waals surface area contributed by atoms with Crippen molar-refractivity contribution in [3.05, 3.63) is 35.9 Å². The molecule has 4 unspecified atom stereocenters. The highest BCUT2D eigenvalue weighted by molar-refractivity contribution is 5.67. The molecule has 5 atom stereocenters. The SMILES string of the molecule is COC(=O)N1CC2C(CC3ONCC[C@@H]3C2Cc2ccccc2)N1. The molecule has 2 heterocycles. The maximum absolute atomic E-state index is 11.9. The molecule has 6 nitrogen and oxygen atoms in total. The maximum Gasteiger partial charge on any atom is 0.423 e. The molecule has 0 aromatic heterocycles. The van der Waals surface area contributed by atoms with Crippen LogP contribution in [0.2, 0.25) is 0 Å². The second kappa shape index (κ2) is 6.70. The van der Waals surface area contributed by atoms with Gasteiger partial charge in [-0.3, -0.25) is 4.84 Å². The van der Waals surface area contributed by atoms with E-state index in [0.29, 0.717) is 24.3 Å². The summed E-state index contributed by atoms with van der Waals surface area (Å²) in [6, 6.07) is 10.9. The third-order valence-corrected chi connectivity index (χ3v) is 5.82. The Hall–Kier alpha value is -1.63. The Kier molecular flexibility index (Phi) is 4.43. The molecule has 0 bridgehead atoms. The molecule has 3 aliphatic rings. The Balaban J connectivity index is 1.58. The van der Waals surface area contributed by atoms with Crippen LogP contribution in [0.1, 0.15) is 18.4 Å². The number of nitrogens with zero attached hydrogens (tertiary/aromatic N) is 1. The van der Waals surface area contributed by atoms with Crippen LogP contribution in [-0.2, 0) is 16.0 Å². The summed E-state index contributed by atoms with van der Waals surface area (Å²) in [7, 11) is 1.43. The van der Waals surface area contributed by atoms with E-state index in [4.69, 9.17) is 9.57 Å². The number of amides is 1. The fourth-order valence-electron chi connectivity index (χ4n) is 4.72. The monoisotopic (exact) mass is 331 g/mol. The minimum Gasteiger partial charge on any atom is -0.452 e. The highest BCUT2D eigenvalue weighted by atomic mass is 16.7. The van der Waals surface area contributed by atoms with E-state index in [1.165, 1.54) is 12.7 Å². The van der Waals surface area contributed by atoms with E-state index in [1.54, 1.807) is 5.01 Å². The molecule has 1 aliphatic carbocycles. The second-order valence-electron chi connectivity index (χ2n) is 7.07. The van der Waals surface area contributed by atoms with Gasteiger partial charge < -0.3 is 4.74 Å². The van der Waals surface area contributed by atoms with Crippen LogP contribution in [0.3, 0.4) is 0 Å². The standard InChI is InChI=1S/C18H25N3O3/c1-23-18(22)21-11-15-14(9-12-5-3-2-4-6-12)13-7-8-19-24-17(13)10-16(15)20-21/h2-6,13-17,19-20H,7-11H2,1H3/t13-,14?,15?,16?,17?/m1/s1. The van der Waals surface area contributed by atoms with E-state index in [-0.39, 0.29) is 18.2 Å². The molecule has 2 aliphatic heterocycles. The number of benzene rings is 1. The van der Waals surface area contributed by atoms with Crippen molar-refractivity contribution in [3.63, 3.8) is 0 Å². The van der Waals surface area contributed by atoms with E-state index in [0.717, 1.165) is 25.8 Å². The topological polar surface area (TPSA) is 62.8 Å². The molecular weight excluding hydrogens is 306 g/mol. The lowest BCUT2D eigenvalue weighted by Gasteiger charge is -2.46. The van der Waals surface area contributed by atoms with Crippen molar-refractivity contribution in [1.29, 1.82) is 0 Å². The Labute approximate surface area is 142 Å². The summed E-state index contributed by atoms with van der Waals surface area (Å²) in [5.41, 5.74) is 7.76. The number of hydrogen-bond acceptors (Lipinski definition) is 5. The van der Waals surface area contributed by atoms with Crippen molar-refractivity contribution >= 4 is 6.09 Å². The van der Waals surface area contributed by atoms with Gasteiger partial charge in [0.2, 0.25) is 0 Å². The molecule has 2 N–H and O–H groups in total. The quantitative estimate of drug-likeness (QED) is 0.864. The lowest BCUT2D eigenvalue weighted by Crippen LogP contribution is -2.53. The van der Waals surface area contributed by atoms with Crippen LogP contribution >= 0.6 is 0 Å². The molecule has 130 valence electrons. The van der Waals surface area contributed by atoms with E-state index in [1.807, 2.05) is 0 Å². The van der Waals surface area contributed by atoms with Crippen LogP contribution in [0, 0.1) is 17.8 Å². The largest absolute Gasteiger partial charge is 0.452 e. The van der Waals surface area contributed by atoms with Gasteiger partial charge in [0.05, 0.1) is 13.2 Å². The van der Waals surface area contributed by atoms with Gasteiger partial charge in [-0.25, -0.2) is 20.7 Å². The molecule has 1 saturated carbocycles. The van der Waals surface area contributed by atoms with Gasteiger partial charge in [0.15, 0.2) is 0 Å². The molecule has 0 radical (unpaired) electrons. The number of carbonyl (C=O) groups is 1. The van der Waals surface area contributed by atoms with Gasteiger partial charge >= 0.3 is 6.09 Å². The fraction of sp³-hybridized carbons (Fsp3) is 0.611. The second-order valence-corrected chi connectivity index (χ2v) is 7.07. The van der Waals surface area contributed by atoms with Gasteiger partial charge in [0, 0.05) is 19.1 Å². The van der Waals surface area contributed by atoms with E-state index < -0.39 is 0 Å². The van der Waals surface area contributed by atoms with Crippen molar-refractivity contribution in [3.8, 4) is 0 Å². The number of hydrogen-bond donors (Lipinski definition) is 2. The molecule has 4 rings (SSSR count). The smallest absolute Gasteiger partial charge is 0.423 e. The van der Waals surface area contributed by atoms with Crippen LogP contribution in [0.15, 0.2) is 30.3 Å². The summed E-state index contributed by atoms with van der Waals surface area (Å²) < 4.78 is 4.89. The number of nitrogens with one attached hydrogen (secondary N) is 2. The van der Waals surface area contributed by atoms with Crippen molar-refractivity contribution in [2.24, 2.45) is 17.8 Å². The summed E-state index contributed by atoms with van der Waals surface area (Å²) in [6.45, 7) is 1.61. The molecule has 1 aromatic carbocycles. The summed E-state index contributed by atoms with van der Waals surface area (Å²) >= 11 is 0. The number of fused-ring (bicyclic) bond motifs is 2. The fourth-order valence-corrected chi connectivity index (χ4v) is 4.72. The van der Waals surface area contributed by atoms with Gasteiger partial charge in [-0.1, -0.05) is 30.3 Å². The molecule has 6 heteroatoms. The Morgan fingerprint density at radius 2 is 2.17 bits per heavy atom. The number of methoxy groups -OCH3 is 1. The first kappa shape index (κ1) is 15.9. The summed E-state index contributed by atoms with van der Waals surface area (Å²) in [6.07, 6.45) is 3.00. The van der Waals surface area contributed by atoms with Gasteiger partial charge in [0.25, 0.3) is 0 Å². The highest BCUT2D eigenvalue weighted by Crippen LogP contribution is 2.43. The van der Waals surface area contributed by atoms with Crippen molar-refractivity contribution < 1.29 is 14.4 Å². The number of hydrazine groups is 1. The van der Waals surface area contributed by atoms with Gasteiger partial charge in [-0.15, -0.1) is 0 Å². The zero-order valence-corrected chi connectivity index (χ0v) is 14.0. The van der Waals surface area contributed by atoms with Crippen LogP contribution in [0.5, 0.6) is 0 Å². The van der Waals surface area contributed by atoms with Crippen LogP contribution in [-0.4, -0.2) is 43.4 Å². The molecule has 1 amide bonds. The third-order valence-electron chi connectivity index (χ3n) is 5.82. The average Bonchev–Trinajstić information content (AvgIpc) is 3.05. The van der Waals surface area contributed by atoms with Crippen LogP contribution < -0.4 is 10.9 Å². The Morgan fingerprint density at radius 1 is 1.33 bits per heavy atom. The van der Waals surface area contributed by atoms with E-state index >= 15 is 0 Å². The molecule has 0 spiro atoms. The highest BCUT2D eigenvalue weighted by Gasteiger charge is 2.50. The zero-order valence-electron chi connectivity index (χ0n) is 14.0. The minimum absolute atomic E-state index is 0.207. The number of ether oxygens (including phenoxy) is 1. The minimum atomic E-state index is -0.301. The molecule has 1 aromatic rings. The summed E-state index contributed by atoms with van der Waals surface area (Å²) in [4.78, 5) is 17.8. The lowest BCUT2D eigenvalue weighted by atomic mass is 9.65. The number of rotatable bonds is 2. The first-order valence-electron chi connectivity index (χ1n) is 8.80. The first-order chi connectivity index (χ1) is 11.8. The predicted molar refractivity (Wildman–Crippen MR) is 88.8 cm³/mol. The van der Waals surface area contributed by atoms with E-state index in [2.05, 4.69) is 41.2 Å². The van der Waals surface area contributed by atoms with Gasteiger partial charge in [-0.05, 0) is 42.6 Å². The Bertz CT molecular complexity index is 582. The van der Waals surface area contributed by atoms with Crippen molar-refractivity contribution in [2.75, 3.05) is 20.2 Å². The Morgan fingerprint density at radius 3 is 2.96 bits per heavy atom.